The van der Waals surface area contributed by atoms with Crippen LogP contribution in [0, 0.1) is 0 Å². The first-order valence-corrected chi connectivity index (χ1v) is 9.60. The van der Waals surface area contributed by atoms with E-state index in [1.807, 2.05) is 30.3 Å². The number of hydrogen-bond donors (Lipinski definition) is 1. The highest BCUT2D eigenvalue weighted by Crippen LogP contribution is 2.31. The maximum Gasteiger partial charge on any atom is 0.161 e. The van der Waals surface area contributed by atoms with Crippen LogP contribution in [0.5, 0.6) is 17.2 Å². The lowest BCUT2D eigenvalue weighted by molar-refractivity contribution is 0.172. The summed E-state index contributed by atoms with van der Waals surface area (Å²) in [5.41, 5.74) is 3.37. The van der Waals surface area contributed by atoms with Gasteiger partial charge in [-0.2, -0.15) is 0 Å². The average Bonchev–Trinajstić information content (AvgIpc) is 3.20. The fraction of sp³-hybridized carbons (Fsp3) is 0.391. The molecule has 0 radical (unpaired) electrons. The van der Waals surface area contributed by atoms with Crippen LogP contribution in [0.2, 0.25) is 0 Å². The molecule has 0 aliphatic carbocycles. The molecule has 3 rings (SSSR count). The topological polar surface area (TPSA) is 51.2 Å². The number of benzene rings is 2. The number of aliphatic hydroxyl groups excluding tert-OH is 1. The van der Waals surface area contributed by atoms with E-state index in [2.05, 4.69) is 23.1 Å². The zero-order chi connectivity index (χ0) is 19.9. The molecule has 1 heterocycles. The van der Waals surface area contributed by atoms with E-state index in [0.717, 1.165) is 42.8 Å². The fourth-order valence-corrected chi connectivity index (χ4v) is 3.70. The standard InChI is InChI=1S/C23H29NO4/c1-26-21-9-7-18(8-10-21)19(15-24-12-4-5-20(24)16-25)13-17-6-11-22(27-2)23(14-17)28-3/h6-11,13-14,20,25H,4-5,12,15-16H2,1-3H3/b19-13-/t20-/m0/s1. The molecule has 2 aromatic rings. The quantitative estimate of drug-likeness (QED) is 0.705. The third kappa shape index (κ3) is 4.66. The first-order valence-electron chi connectivity index (χ1n) is 9.60. The van der Waals surface area contributed by atoms with Gasteiger partial charge in [-0.05, 0) is 66.4 Å². The Balaban J connectivity index is 1.95. The normalized spacial score (nSPS) is 17.6. The molecule has 0 saturated carbocycles. The molecule has 0 aromatic heterocycles. The minimum atomic E-state index is 0.201. The third-order valence-corrected chi connectivity index (χ3v) is 5.29. The first kappa shape index (κ1) is 20.2. The smallest absolute Gasteiger partial charge is 0.161 e. The molecular formula is C23H29NO4. The predicted molar refractivity (Wildman–Crippen MR) is 112 cm³/mol. The summed E-state index contributed by atoms with van der Waals surface area (Å²) < 4.78 is 16.1. The van der Waals surface area contributed by atoms with Gasteiger partial charge in [0.1, 0.15) is 5.75 Å². The molecular weight excluding hydrogens is 354 g/mol. The van der Waals surface area contributed by atoms with Crippen molar-refractivity contribution in [1.82, 2.24) is 4.90 Å². The SMILES string of the molecule is COc1ccc(/C(=C\c2ccc(OC)c(OC)c2)CN2CCC[C@H]2CO)cc1. The molecule has 0 bridgehead atoms. The van der Waals surface area contributed by atoms with Crippen LogP contribution in [0.25, 0.3) is 11.6 Å². The average molecular weight is 383 g/mol. The zero-order valence-corrected chi connectivity index (χ0v) is 16.9. The number of nitrogens with zero attached hydrogens (tertiary/aromatic N) is 1. The second-order valence-electron chi connectivity index (χ2n) is 6.96. The Bertz CT molecular complexity index is 801. The van der Waals surface area contributed by atoms with Gasteiger partial charge in [0, 0.05) is 12.6 Å². The van der Waals surface area contributed by atoms with Crippen LogP contribution >= 0.6 is 0 Å². The summed E-state index contributed by atoms with van der Waals surface area (Å²) in [6.07, 6.45) is 4.34. The summed E-state index contributed by atoms with van der Waals surface area (Å²) in [7, 11) is 4.95. The summed E-state index contributed by atoms with van der Waals surface area (Å²) >= 11 is 0. The first-order chi connectivity index (χ1) is 13.7. The third-order valence-electron chi connectivity index (χ3n) is 5.29. The Morgan fingerprint density at radius 2 is 1.79 bits per heavy atom. The molecule has 0 unspecified atom stereocenters. The summed E-state index contributed by atoms with van der Waals surface area (Å²) in [6, 6.07) is 14.3. The predicted octanol–water partition coefficient (Wildman–Crippen LogP) is 3.71. The van der Waals surface area contributed by atoms with Crippen LogP contribution in [0.1, 0.15) is 24.0 Å². The van der Waals surface area contributed by atoms with Gasteiger partial charge in [-0.15, -0.1) is 0 Å². The molecule has 0 amide bonds. The van der Waals surface area contributed by atoms with E-state index in [1.165, 1.54) is 5.57 Å². The lowest BCUT2D eigenvalue weighted by Gasteiger charge is -2.24. The van der Waals surface area contributed by atoms with Gasteiger partial charge in [0.25, 0.3) is 0 Å². The van der Waals surface area contributed by atoms with Crippen molar-refractivity contribution in [2.45, 2.75) is 18.9 Å². The number of methoxy groups -OCH3 is 3. The van der Waals surface area contributed by atoms with E-state index in [0.29, 0.717) is 11.5 Å². The minimum absolute atomic E-state index is 0.201. The molecule has 1 fully saturated rings. The van der Waals surface area contributed by atoms with Crippen molar-refractivity contribution in [2.75, 3.05) is 41.0 Å². The van der Waals surface area contributed by atoms with Gasteiger partial charge in [0.05, 0.1) is 27.9 Å². The van der Waals surface area contributed by atoms with E-state index in [-0.39, 0.29) is 12.6 Å². The lowest BCUT2D eigenvalue weighted by atomic mass is 10.0. The van der Waals surface area contributed by atoms with Gasteiger partial charge in [0.2, 0.25) is 0 Å². The Morgan fingerprint density at radius 3 is 2.43 bits per heavy atom. The Labute approximate surface area is 167 Å². The number of aliphatic hydroxyl groups is 1. The van der Waals surface area contributed by atoms with Crippen LogP contribution in [-0.4, -0.2) is 57.1 Å². The summed E-state index contributed by atoms with van der Waals surface area (Å²) in [5, 5.41) is 9.70. The minimum Gasteiger partial charge on any atom is -0.497 e. The van der Waals surface area contributed by atoms with Gasteiger partial charge in [-0.1, -0.05) is 18.2 Å². The molecule has 28 heavy (non-hydrogen) atoms. The molecule has 0 spiro atoms. The highest BCUT2D eigenvalue weighted by Gasteiger charge is 2.24. The van der Waals surface area contributed by atoms with Gasteiger partial charge in [-0.25, -0.2) is 0 Å². The number of likely N-dealkylation sites (tertiary alicyclic amines) is 1. The maximum atomic E-state index is 9.70. The molecule has 2 aromatic carbocycles. The van der Waals surface area contributed by atoms with Gasteiger partial charge < -0.3 is 19.3 Å². The number of ether oxygens (including phenoxy) is 3. The maximum absolute atomic E-state index is 9.70. The van der Waals surface area contributed by atoms with Gasteiger partial charge >= 0.3 is 0 Å². The molecule has 1 aliphatic heterocycles. The van der Waals surface area contributed by atoms with Crippen LogP contribution in [-0.2, 0) is 0 Å². The summed E-state index contributed by atoms with van der Waals surface area (Å²) in [6.45, 7) is 1.99. The molecule has 1 saturated heterocycles. The highest BCUT2D eigenvalue weighted by atomic mass is 16.5. The van der Waals surface area contributed by atoms with Crippen molar-refractivity contribution in [1.29, 1.82) is 0 Å². The largest absolute Gasteiger partial charge is 0.497 e. The molecule has 1 aliphatic rings. The lowest BCUT2D eigenvalue weighted by Crippen LogP contribution is -2.33. The monoisotopic (exact) mass is 383 g/mol. The van der Waals surface area contributed by atoms with Crippen molar-refractivity contribution in [3.8, 4) is 17.2 Å². The van der Waals surface area contributed by atoms with Crippen molar-refractivity contribution in [3.63, 3.8) is 0 Å². The van der Waals surface area contributed by atoms with Crippen LogP contribution in [0.15, 0.2) is 42.5 Å². The van der Waals surface area contributed by atoms with Crippen molar-refractivity contribution in [3.05, 3.63) is 53.6 Å². The van der Waals surface area contributed by atoms with E-state index in [9.17, 15) is 5.11 Å². The molecule has 1 atom stereocenters. The Hall–Kier alpha value is -2.50. The Morgan fingerprint density at radius 1 is 1.04 bits per heavy atom. The second kappa shape index (κ2) is 9.62. The van der Waals surface area contributed by atoms with E-state index in [1.54, 1.807) is 21.3 Å². The second-order valence-corrected chi connectivity index (χ2v) is 6.96. The molecule has 1 N–H and O–H groups in total. The molecule has 5 nitrogen and oxygen atoms in total. The van der Waals surface area contributed by atoms with Crippen LogP contribution in [0.3, 0.4) is 0 Å². The van der Waals surface area contributed by atoms with Crippen molar-refractivity contribution in [2.24, 2.45) is 0 Å². The fourth-order valence-electron chi connectivity index (χ4n) is 3.70. The summed E-state index contributed by atoms with van der Waals surface area (Å²) in [5.74, 6) is 2.26. The van der Waals surface area contributed by atoms with E-state index < -0.39 is 0 Å². The van der Waals surface area contributed by atoms with E-state index >= 15 is 0 Å². The van der Waals surface area contributed by atoms with Crippen molar-refractivity contribution < 1.29 is 19.3 Å². The van der Waals surface area contributed by atoms with Crippen LogP contribution in [0.4, 0.5) is 0 Å². The molecule has 150 valence electrons. The van der Waals surface area contributed by atoms with Crippen molar-refractivity contribution >= 4 is 11.6 Å². The zero-order valence-electron chi connectivity index (χ0n) is 16.9. The number of rotatable bonds is 8. The highest BCUT2D eigenvalue weighted by molar-refractivity contribution is 5.83. The van der Waals surface area contributed by atoms with Gasteiger partial charge in [0.15, 0.2) is 11.5 Å². The number of hydrogen-bond acceptors (Lipinski definition) is 5. The van der Waals surface area contributed by atoms with Crippen LogP contribution < -0.4 is 14.2 Å². The van der Waals surface area contributed by atoms with Gasteiger partial charge in [-0.3, -0.25) is 4.90 Å². The Kier molecular flexibility index (Phi) is 6.95. The molecule has 5 heteroatoms. The van der Waals surface area contributed by atoms with E-state index in [4.69, 9.17) is 14.2 Å². The summed E-state index contributed by atoms with van der Waals surface area (Å²) in [4.78, 5) is 2.36.